The Morgan fingerprint density at radius 2 is 0.900 bits per heavy atom. The van der Waals surface area contributed by atoms with Crippen molar-refractivity contribution < 1.29 is 45.2 Å². The molecule has 0 aromatic carbocycles. The maximum absolute atomic E-state index is 9.89. The summed E-state index contributed by atoms with van der Waals surface area (Å²) >= 11 is 0. The monoisotopic (exact) mass is 296 g/mol. The third-order valence-electron chi connectivity index (χ3n) is 3.83. The molecule has 9 nitrogen and oxygen atoms in total. The van der Waals surface area contributed by atoms with Crippen molar-refractivity contribution >= 4 is 0 Å². The molecule has 9 atom stereocenters. The van der Waals surface area contributed by atoms with Crippen LogP contribution in [-0.2, 0) is 9.47 Å². The Kier molecular flexibility index (Phi) is 4.95. The maximum Gasteiger partial charge on any atom is 0.115 e. The number of aliphatic hydroxyl groups excluding tert-OH is 7. The van der Waals surface area contributed by atoms with Crippen LogP contribution >= 0.6 is 0 Å². The molecule has 2 fully saturated rings. The predicted molar refractivity (Wildman–Crippen MR) is 61.5 cm³/mol. The molecule has 20 heavy (non-hydrogen) atoms. The molecule has 2 rings (SSSR count). The molecule has 0 bridgehead atoms. The summed E-state index contributed by atoms with van der Waals surface area (Å²) in [5, 5.41) is 66.8. The molecule has 9 heteroatoms. The molecule has 2 saturated heterocycles. The van der Waals surface area contributed by atoms with Crippen LogP contribution in [0, 0.1) is 0 Å². The van der Waals surface area contributed by atoms with Crippen LogP contribution in [-0.4, -0.2) is 104 Å². The Morgan fingerprint density at radius 3 is 1.25 bits per heavy atom. The largest absolute Gasteiger partial charge is 0.394 e. The highest BCUT2D eigenvalue weighted by molar-refractivity contribution is 5.02. The average Bonchev–Trinajstić information content (AvgIpc) is 2.73. The third kappa shape index (κ3) is 2.56. The molecule has 2 heterocycles. The number of rotatable bonds is 3. The summed E-state index contributed by atoms with van der Waals surface area (Å²) < 4.78 is 10.5. The predicted octanol–water partition coefficient (Wildman–Crippen LogP) is -4.69. The zero-order chi connectivity index (χ0) is 15.0. The second-order valence-electron chi connectivity index (χ2n) is 5.10. The fraction of sp³-hybridized carbons (Fsp3) is 1.00. The first-order chi connectivity index (χ1) is 9.42. The maximum atomic E-state index is 9.89. The number of aliphatic hydroxyl groups is 7. The highest BCUT2D eigenvalue weighted by atomic mass is 16.6. The van der Waals surface area contributed by atoms with E-state index >= 15 is 0 Å². The summed E-state index contributed by atoms with van der Waals surface area (Å²) in [5.41, 5.74) is 0. The molecule has 0 spiro atoms. The topological polar surface area (TPSA) is 160 Å². The van der Waals surface area contributed by atoms with Gasteiger partial charge in [-0.3, -0.25) is 0 Å². The summed E-state index contributed by atoms with van der Waals surface area (Å²) in [6.45, 7) is -1.14. The van der Waals surface area contributed by atoms with E-state index in [2.05, 4.69) is 0 Å². The fourth-order valence-electron chi connectivity index (χ4n) is 2.60. The molecular weight excluding hydrogens is 276 g/mol. The first-order valence-electron chi connectivity index (χ1n) is 6.35. The molecule has 0 aromatic rings. The van der Waals surface area contributed by atoms with Crippen molar-refractivity contribution in [2.75, 3.05) is 13.2 Å². The molecular formula is C11H20O9. The smallest absolute Gasteiger partial charge is 0.115 e. The van der Waals surface area contributed by atoms with Gasteiger partial charge in [0.1, 0.15) is 54.9 Å². The van der Waals surface area contributed by atoms with Crippen molar-refractivity contribution in [3.63, 3.8) is 0 Å². The lowest BCUT2D eigenvalue weighted by Crippen LogP contribution is -2.63. The van der Waals surface area contributed by atoms with Gasteiger partial charge in [-0.05, 0) is 0 Å². The molecule has 0 aromatic heterocycles. The van der Waals surface area contributed by atoms with Gasteiger partial charge in [0.25, 0.3) is 0 Å². The fourth-order valence-corrected chi connectivity index (χ4v) is 2.60. The van der Waals surface area contributed by atoms with Gasteiger partial charge in [0.15, 0.2) is 0 Å². The van der Waals surface area contributed by atoms with Gasteiger partial charge in [0.05, 0.1) is 13.2 Å². The van der Waals surface area contributed by atoms with E-state index in [0.717, 1.165) is 0 Å². The minimum Gasteiger partial charge on any atom is -0.394 e. The summed E-state index contributed by atoms with van der Waals surface area (Å²) in [4.78, 5) is 0. The van der Waals surface area contributed by atoms with E-state index in [-0.39, 0.29) is 0 Å². The Labute approximate surface area is 114 Å². The van der Waals surface area contributed by atoms with Gasteiger partial charge >= 0.3 is 0 Å². The Morgan fingerprint density at radius 1 is 0.550 bits per heavy atom. The normalized spacial score (nSPS) is 53.2. The highest BCUT2D eigenvalue weighted by Crippen LogP contribution is 2.31. The number of hydrogen-bond donors (Lipinski definition) is 7. The highest BCUT2D eigenvalue weighted by Gasteiger charge is 2.53. The average molecular weight is 296 g/mol. The lowest BCUT2D eigenvalue weighted by atomic mass is 9.90. The summed E-state index contributed by atoms with van der Waals surface area (Å²) in [6.07, 6.45) is -12.1. The molecule has 118 valence electrons. The molecule has 0 saturated carbocycles. The Bertz CT molecular complexity index is 325. The standard InChI is InChI=1S/C11H20O9/c12-1-3-5(14)7(16)9(18)11(19-3)10-8(17)6(15)4(2-13)20-10/h3-18H,1-2H2/t3-,4-,5-,6+,7+,8-,9+,10?,11?/m1/s1. The SMILES string of the molecule is OC[C@H]1OC(C2O[C@H](CO)[C@H](O)[C@H]2O)[C@@H](O)[C@@H](O)[C@@H]1O. The van der Waals surface area contributed by atoms with Crippen LogP contribution in [0.4, 0.5) is 0 Å². The molecule has 2 aliphatic heterocycles. The minimum absolute atomic E-state index is 0.536. The molecule has 2 aliphatic rings. The first-order valence-corrected chi connectivity index (χ1v) is 6.35. The minimum atomic E-state index is -1.59. The van der Waals surface area contributed by atoms with Gasteiger partial charge in [-0.15, -0.1) is 0 Å². The van der Waals surface area contributed by atoms with E-state index < -0.39 is 68.1 Å². The van der Waals surface area contributed by atoms with Crippen LogP contribution in [0.15, 0.2) is 0 Å². The van der Waals surface area contributed by atoms with Gasteiger partial charge < -0.3 is 45.2 Å². The molecule has 0 aliphatic carbocycles. The summed E-state index contributed by atoms with van der Waals surface area (Å²) in [5.74, 6) is 0. The Hall–Kier alpha value is -0.360. The summed E-state index contributed by atoms with van der Waals surface area (Å²) in [7, 11) is 0. The van der Waals surface area contributed by atoms with Crippen molar-refractivity contribution in [2.24, 2.45) is 0 Å². The van der Waals surface area contributed by atoms with Crippen molar-refractivity contribution in [1.82, 2.24) is 0 Å². The second kappa shape index (κ2) is 6.18. The third-order valence-corrected chi connectivity index (χ3v) is 3.83. The van der Waals surface area contributed by atoms with Crippen LogP contribution in [0.1, 0.15) is 0 Å². The van der Waals surface area contributed by atoms with E-state index in [1.807, 2.05) is 0 Å². The Balaban J connectivity index is 2.15. The van der Waals surface area contributed by atoms with Crippen molar-refractivity contribution in [2.45, 2.75) is 54.9 Å². The van der Waals surface area contributed by atoms with Gasteiger partial charge in [-0.2, -0.15) is 0 Å². The van der Waals surface area contributed by atoms with Gasteiger partial charge in [-0.25, -0.2) is 0 Å². The number of ether oxygens (including phenoxy) is 2. The summed E-state index contributed by atoms with van der Waals surface area (Å²) in [6, 6.07) is 0. The van der Waals surface area contributed by atoms with E-state index in [1.54, 1.807) is 0 Å². The molecule has 2 unspecified atom stereocenters. The van der Waals surface area contributed by atoms with Crippen molar-refractivity contribution in [3.8, 4) is 0 Å². The number of hydrogen-bond acceptors (Lipinski definition) is 9. The zero-order valence-corrected chi connectivity index (χ0v) is 10.6. The molecule has 0 radical (unpaired) electrons. The van der Waals surface area contributed by atoms with E-state index in [1.165, 1.54) is 0 Å². The molecule has 0 amide bonds. The van der Waals surface area contributed by atoms with E-state index in [0.29, 0.717) is 0 Å². The molecule has 7 N–H and O–H groups in total. The van der Waals surface area contributed by atoms with Gasteiger partial charge in [0, 0.05) is 0 Å². The van der Waals surface area contributed by atoms with Crippen molar-refractivity contribution in [3.05, 3.63) is 0 Å². The second-order valence-corrected chi connectivity index (χ2v) is 5.10. The van der Waals surface area contributed by atoms with Crippen LogP contribution in [0.25, 0.3) is 0 Å². The van der Waals surface area contributed by atoms with Gasteiger partial charge in [0.2, 0.25) is 0 Å². The van der Waals surface area contributed by atoms with E-state index in [4.69, 9.17) is 19.7 Å². The van der Waals surface area contributed by atoms with Crippen molar-refractivity contribution in [1.29, 1.82) is 0 Å². The lowest BCUT2D eigenvalue weighted by molar-refractivity contribution is -0.258. The first kappa shape index (κ1) is 16.0. The zero-order valence-electron chi connectivity index (χ0n) is 10.6. The van der Waals surface area contributed by atoms with Crippen LogP contribution < -0.4 is 0 Å². The lowest BCUT2D eigenvalue weighted by Gasteiger charge is -2.42. The van der Waals surface area contributed by atoms with Crippen LogP contribution in [0.2, 0.25) is 0 Å². The van der Waals surface area contributed by atoms with Gasteiger partial charge in [-0.1, -0.05) is 0 Å². The van der Waals surface area contributed by atoms with E-state index in [9.17, 15) is 25.5 Å². The van der Waals surface area contributed by atoms with Crippen LogP contribution in [0.5, 0.6) is 0 Å². The quantitative estimate of drug-likeness (QED) is 0.271. The van der Waals surface area contributed by atoms with Crippen LogP contribution in [0.3, 0.4) is 0 Å².